The summed E-state index contributed by atoms with van der Waals surface area (Å²) in [7, 11) is -3.58. The lowest BCUT2D eigenvalue weighted by Crippen LogP contribution is -2.50. The van der Waals surface area contributed by atoms with Crippen LogP contribution in [0.1, 0.15) is 21.6 Å². The minimum Gasteiger partial charge on any atom is -0.336 e. The quantitative estimate of drug-likeness (QED) is 0.611. The number of rotatable bonds is 3. The second-order valence-electron chi connectivity index (χ2n) is 7.09. The van der Waals surface area contributed by atoms with Crippen molar-refractivity contribution in [2.24, 2.45) is 0 Å². The second kappa shape index (κ2) is 7.68. The van der Waals surface area contributed by atoms with Crippen LogP contribution in [0.4, 0.5) is 0 Å². The van der Waals surface area contributed by atoms with Gasteiger partial charge in [0.25, 0.3) is 15.9 Å². The maximum absolute atomic E-state index is 13.2. The molecule has 3 heterocycles. The van der Waals surface area contributed by atoms with Crippen LogP contribution in [0.15, 0.2) is 40.6 Å². The molecule has 0 saturated carbocycles. The summed E-state index contributed by atoms with van der Waals surface area (Å²) in [5.74, 6) is -0.0951. The molecule has 29 heavy (non-hydrogen) atoms. The zero-order valence-corrected chi connectivity index (χ0v) is 18.4. The van der Waals surface area contributed by atoms with Crippen LogP contribution in [-0.2, 0) is 10.0 Å². The number of hydrogen-bond donors (Lipinski definition) is 0. The van der Waals surface area contributed by atoms with Crippen LogP contribution in [0.25, 0.3) is 10.9 Å². The highest BCUT2D eigenvalue weighted by molar-refractivity contribution is 7.91. The molecule has 0 spiro atoms. The van der Waals surface area contributed by atoms with Crippen molar-refractivity contribution in [1.82, 2.24) is 14.2 Å². The van der Waals surface area contributed by atoms with Gasteiger partial charge in [-0.15, -0.1) is 11.3 Å². The van der Waals surface area contributed by atoms with E-state index in [1.54, 1.807) is 17.0 Å². The molecule has 6 nitrogen and oxygen atoms in total. The summed E-state index contributed by atoms with van der Waals surface area (Å²) in [6.07, 6.45) is 0. The number of hydrogen-bond acceptors (Lipinski definition) is 5. The van der Waals surface area contributed by atoms with E-state index in [0.717, 1.165) is 33.5 Å². The first-order valence-electron chi connectivity index (χ1n) is 9.18. The van der Waals surface area contributed by atoms with Crippen LogP contribution in [0.3, 0.4) is 0 Å². The molecule has 1 aromatic carbocycles. The van der Waals surface area contributed by atoms with Crippen molar-refractivity contribution >= 4 is 49.8 Å². The number of benzene rings is 1. The highest BCUT2D eigenvalue weighted by Crippen LogP contribution is 2.29. The zero-order valence-electron chi connectivity index (χ0n) is 16.1. The Kier molecular flexibility index (Phi) is 5.37. The van der Waals surface area contributed by atoms with Crippen molar-refractivity contribution in [2.45, 2.75) is 18.1 Å². The van der Waals surface area contributed by atoms with Gasteiger partial charge >= 0.3 is 0 Å². The van der Waals surface area contributed by atoms with Gasteiger partial charge in [-0.05, 0) is 44.2 Å². The molecule has 0 atom stereocenters. The van der Waals surface area contributed by atoms with Gasteiger partial charge in [-0.1, -0.05) is 23.2 Å². The summed E-state index contributed by atoms with van der Waals surface area (Å²) >= 11 is 6.93. The standard InChI is InChI=1S/C20H20ClN3O3S2/c1-13-3-4-17-15(11-13)16(12-14(2)22-17)20(25)23-7-9-24(10-8-23)29(26,27)19-6-5-18(21)28-19/h3-6,11-12H,7-10H2,1-2H3. The molecule has 0 N–H and O–H groups in total. The first kappa shape index (κ1) is 20.3. The van der Waals surface area contributed by atoms with E-state index in [9.17, 15) is 13.2 Å². The number of fused-ring (bicyclic) bond motifs is 1. The summed E-state index contributed by atoms with van der Waals surface area (Å²) in [5.41, 5.74) is 3.23. The van der Waals surface area contributed by atoms with E-state index in [0.29, 0.717) is 23.0 Å². The van der Waals surface area contributed by atoms with Crippen LogP contribution in [0.5, 0.6) is 0 Å². The van der Waals surface area contributed by atoms with E-state index < -0.39 is 10.0 Å². The average molecular weight is 450 g/mol. The highest BCUT2D eigenvalue weighted by Gasteiger charge is 2.31. The van der Waals surface area contributed by atoms with Gasteiger partial charge in [0.2, 0.25) is 0 Å². The third-order valence-corrected chi connectivity index (χ3v) is 8.59. The Bertz CT molecular complexity index is 1200. The van der Waals surface area contributed by atoms with Crippen LogP contribution < -0.4 is 0 Å². The Hall–Kier alpha value is -2.00. The number of nitrogens with zero attached hydrogens (tertiary/aromatic N) is 3. The second-order valence-corrected chi connectivity index (χ2v) is 11.0. The summed E-state index contributed by atoms with van der Waals surface area (Å²) in [6, 6.07) is 10.8. The first-order valence-corrected chi connectivity index (χ1v) is 11.8. The molecule has 9 heteroatoms. The third-order valence-electron chi connectivity index (χ3n) is 4.99. The molecule has 3 aromatic rings. The lowest BCUT2D eigenvalue weighted by atomic mass is 10.0. The number of sulfonamides is 1. The summed E-state index contributed by atoms with van der Waals surface area (Å²) in [5, 5.41) is 0.823. The Morgan fingerprint density at radius 1 is 1.07 bits per heavy atom. The Morgan fingerprint density at radius 2 is 1.79 bits per heavy atom. The minimum absolute atomic E-state index is 0.0951. The van der Waals surface area contributed by atoms with Gasteiger partial charge in [0.05, 0.1) is 15.4 Å². The van der Waals surface area contributed by atoms with Crippen molar-refractivity contribution in [1.29, 1.82) is 0 Å². The van der Waals surface area contributed by atoms with Crippen molar-refractivity contribution in [3.8, 4) is 0 Å². The molecular formula is C20H20ClN3O3S2. The van der Waals surface area contributed by atoms with Gasteiger partial charge in [0.1, 0.15) is 4.21 Å². The molecule has 1 fully saturated rings. The number of piperazine rings is 1. The average Bonchev–Trinajstić information content (AvgIpc) is 3.14. The zero-order chi connectivity index (χ0) is 20.8. The molecule has 0 aliphatic carbocycles. The predicted molar refractivity (Wildman–Crippen MR) is 115 cm³/mol. The molecule has 0 bridgehead atoms. The lowest BCUT2D eigenvalue weighted by molar-refractivity contribution is 0.0700. The number of aryl methyl sites for hydroxylation is 2. The van der Waals surface area contributed by atoms with Crippen molar-refractivity contribution in [3.05, 3.63) is 57.6 Å². The number of pyridine rings is 1. The highest BCUT2D eigenvalue weighted by atomic mass is 35.5. The normalized spacial score (nSPS) is 15.8. The van der Waals surface area contributed by atoms with E-state index in [-0.39, 0.29) is 23.2 Å². The molecule has 1 amide bonds. The van der Waals surface area contributed by atoms with Crippen molar-refractivity contribution in [2.75, 3.05) is 26.2 Å². The molecule has 2 aromatic heterocycles. The van der Waals surface area contributed by atoms with Gasteiger partial charge in [-0.2, -0.15) is 4.31 Å². The number of thiophene rings is 1. The topological polar surface area (TPSA) is 70.6 Å². The fourth-order valence-corrected chi connectivity index (χ4v) is 6.57. The van der Waals surface area contributed by atoms with E-state index >= 15 is 0 Å². The maximum Gasteiger partial charge on any atom is 0.254 e. The smallest absolute Gasteiger partial charge is 0.254 e. The van der Waals surface area contributed by atoms with Gasteiger partial charge < -0.3 is 4.90 Å². The summed E-state index contributed by atoms with van der Waals surface area (Å²) in [6.45, 7) is 5.04. The van der Waals surface area contributed by atoms with E-state index in [1.807, 2.05) is 32.0 Å². The van der Waals surface area contributed by atoms with E-state index in [2.05, 4.69) is 4.98 Å². The molecule has 1 aliphatic heterocycles. The van der Waals surface area contributed by atoms with E-state index in [1.165, 1.54) is 10.4 Å². The van der Waals surface area contributed by atoms with Crippen molar-refractivity contribution in [3.63, 3.8) is 0 Å². The molecule has 152 valence electrons. The molecule has 0 radical (unpaired) electrons. The van der Waals surface area contributed by atoms with Gasteiger partial charge in [0, 0.05) is 37.3 Å². The SMILES string of the molecule is Cc1ccc2nc(C)cc(C(=O)N3CCN(S(=O)(=O)c4ccc(Cl)s4)CC3)c2c1. The summed E-state index contributed by atoms with van der Waals surface area (Å²) in [4.78, 5) is 19.5. The van der Waals surface area contributed by atoms with Gasteiger partial charge in [0.15, 0.2) is 0 Å². The van der Waals surface area contributed by atoms with Crippen LogP contribution in [-0.4, -0.2) is 54.7 Å². The van der Waals surface area contributed by atoms with Crippen LogP contribution in [0, 0.1) is 13.8 Å². The van der Waals surface area contributed by atoms with Crippen LogP contribution >= 0.6 is 22.9 Å². The number of carbonyl (C=O) groups excluding carboxylic acids is 1. The largest absolute Gasteiger partial charge is 0.336 e. The molecule has 4 rings (SSSR count). The summed E-state index contributed by atoms with van der Waals surface area (Å²) < 4.78 is 27.6. The Balaban J connectivity index is 1.56. The molecule has 1 aliphatic rings. The molecule has 0 unspecified atom stereocenters. The number of amides is 1. The first-order chi connectivity index (χ1) is 13.8. The minimum atomic E-state index is -3.58. The van der Waals surface area contributed by atoms with E-state index in [4.69, 9.17) is 11.6 Å². The number of aromatic nitrogens is 1. The number of carbonyl (C=O) groups is 1. The molecule has 1 saturated heterocycles. The fourth-order valence-electron chi connectivity index (χ4n) is 3.51. The predicted octanol–water partition coefficient (Wildman–Crippen LogP) is 3.71. The number of halogens is 1. The Morgan fingerprint density at radius 3 is 2.45 bits per heavy atom. The third kappa shape index (κ3) is 3.90. The lowest BCUT2D eigenvalue weighted by Gasteiger charge is -2.34. The molecular weight excluding hydrogens is 430 g/mol. The van der Waals surface area contributed by atoms with Crippen molar-refractivity contribution < 1.29 is 13.2 Å². The maximum atomic E-state index is 13.2. The van der Waals surface area contributed by atoms with Crippen LogP contribution in [0.2, 0.25) is 4.34 Å². The monoisotopic (exact) mass is 449 g/mol. The fraction of sp³-hybridized carbons (Fsp3) is 0.300. The Labute approximate surface area is 178 Å². The van der Waals surface area contributed by atoms with Gasteiger partial charge in [-0.3, -0.25) is 9.78 Å². The van der Waals surface area contributed by atoms with Gasteiger partial charge in [-0.25, -0.2) is 8.42 Å².